The number of amides is 1. The number of benzene rings is 1. The molecule has 0 radical (unpaired) electrons. The zero-order valence-electron chi connectivity index (χ0n) is 12.6. The summed E-state index contributed by atoms with van der Waals surface area (Å²) in [6.45, 7) is 5.43. The van der Waals surface area contributed by atoms with Crippen LogP contribution in [-0.2, 0) is 20.9 Å². The molecule has 0 spiro atoms. The van der Waals surface area contributed by atoms with Gasteiger partial charge >= 0.3 is 12.1 Å². The molecule has 1 amide bonds. The monoisotopic (exact) mass is 294 g/mol. The zero-order valence-corrected chi connectivity index (χ0v) is 12.6. The lowest BCUT2D eigenvalue weighted by Crippen LogP contribution is -2.44. The van der Waals surface area contributed by atoms with Crippen LogP contribution in [0.1, 0.15) is 32.8 Å². The van der Waals surface area contributed by atoms with Crippen LogP contribution in [-0.4, -0.2) is 23.8 Å². The minimum atomic E-state index is -0.844. The van der Waals surface area contributed by atoms with Crippen molar-refractivity contribution in [1.82, 2.24) is 5.32 Å². The molecule has 0 heterocycles. The number of rotatable bonds is 5. The lowest BCUT2D eigenvalue weighted by molar-refractivity contribution is -0.155. The minimum absolute atomic E-state index is 0.113. The molecule has 0 aromatic heterocycles. The number of hydrogen-bond donors (Lipinski definition) is 2. The van der Waals surface area contributed by atoms with Crippen LogP contribution >= 0.6 is 0 Å². The quantitative estimate of drug-likeness (QED) is 0.639. The van der Waals surface area contributed by atoms with Crippen LogP contribution in [0.5, 0.6) is 0 Å². The number of carbonyl (C=O) groups excluding carboxylic acids is 2. The van der Waals surface area contributed by atoms with Gasteiger partial charge in [0.2, 0.25) is 0 Å². The second-order valence-electron chi connectivity index (χ2n) is 5.60. The molecule has 1 unspecified atom stereocenters. The Kier molecular flexibility index (Phi) is 6.17. The van der Waals surface area contributed by atoms with E-state index in [9.17, 15) is 9.59 Å². The molecule has 3 N–H and O–H groups in total. The van der Waals surface area contributed by atoms with Crippen molar-refractivity contribution in [2.24, 2.45) is 5.73 Å². The van der Waals surface area contributed by atoms with E-state index in [-0.39, 0.29) is 13.0 Å². The average molecular weight is 294 g/mol. The van der Waals surface area contributed by atoms with Crippen molar-refractivity contribution in [2.45, 2.75) is 45.6 Å². The summed E-state index contributed by atoms with van der Waals surface area (Å²) < 4.78 is 10.1. The van der Waals surface area contributed by atoms with Crippen molar-refractivity contribution < 1.29 is 19.1 Å². The Labute approximate surface area is 124 Å². The van der Waals surface area contributed by atoms with Gasteiger partial charge in [-0.3, -0.25) is 4.79 Å². The number of alkyl carbamates (subject to hydrolysis) is 1. The highest BCUT2D eigenvalue weighted by Gasteiger charge is 2.19. The van der Waals surface area contributed by atoms with Crippen molar-refractivity contribution in [2.75, 3.05) is 0 Å². The van der Waals surface area contributed by atoms with E-state index in [2.05, 4.69) is 5.32 Å². The van der Waals surface area contributed by atoms with Crippen molar-refractivity contribution in [3.05, 3.63) is 35.9 Å². The SMILES string of the molecule is CC(C)(C)OC(=O)CC(N)NC(=O)OCc1ccccc1. The molecule has 1 rings (SSSR count). The first-order chi connectivity index (χ1) is 9.76. The highest BCUT2D eigenvalue weighted by molar-refractivity contribution is 5.72. The van der Waals surface area contributed by atoms with Gasteiger partial charge in [0.15, 0.2) is 0 Å². The van der Waals surface area contributed by atoms with Crippen LogP contribution in [0.4, 0.5) is 4.79 Å². The van der Waals surface area contributed by atoms with Crippen molar-refractivity contribution in [3.63, 3.8) is 0 Å². The molecule has 6 nitrogen and oxygen atoms in total. The Morgan fingerprint density at radius 3 is 2.43 bits per heavy atom. The molecule has 1 aromatic rings. The summed E-state index contributed by atoms with van der Waals surface area (Å²) in [7, 11) is 0. The topological polar surface area (TPSA) is 90.6 Å². The van der Waals surface area contributed by atoms with Gasteiger partial charge in [0.05, 0.1) is 12.6 Å². The number of esters is 1. The number of ether oxygens (including phenoxy) is 2. The summed E-state index contributed by atoms with van der Waals surface area (Å²) in [6.07, 6.45) is -1.63. The Morgan fingerprint density at radius 1 is 1.24 bits per heavy atom. The fourth-order valence-electron chi connectivity index (χ4n) is 1.53. The van der Waals surface area contributed by atoms with E-state index in [1.54, 1.807) is 20.8 Å². The predicted molar refractivity (Wildman–Crippen MR) is 78.2 cm³/mol. The Hall–Kier alpha value is -2.08. The van der Waals surface area contributed by atoms with Gasteiger partial charge in [-0.2, -0.15) is 0 Å². The summed E-state index contributed by atoms with van der Waals surface area (Å²) in [6, 6.07) is 9.26. The maximum absolute atomic E-state index is 11.5. The molecule has 0 aliphatic heterocycles. The van der Waals surface area contributed by atoms with Gasteiger partial charge < -0.3 is 20.5 Å². The van der Waals surface area contributed by atoms with Gasteiger partial charge in [-0.1, -0.05) is 30.3 Å². The van der Waals surface area contributed by atoms with Crippen LogP contribution in [0.3, 0.4) is 0 Å². The third-order valence-electron chi connectivity index (χ3n) is 2.32. The minimum Gasteiger partial charge on any atom is -0.460 e. The van der Waals surface area contributed by atoms with E-state index in [0.717, 1.165) is 5.56 Å². The Bertz CT molecular complexity index is 468. The molecular weight excluding hydrogens is 272 g/mol. The van der Waals surface area contributed by atoms with E-state index in [4.69, 9.17) is 15.2 Å². The number of nitrogens with one attached hydrogen (secondary N) is 1. The maximum Gasteiger partial charge on any atom is 0.408 e. The second kappa shape index (κ2) is 7.64. The molecule has 116 valence electrons. The van der Waals surface area contributed by atoms with Crippen LogP contribution in [0.2, 0.25) is 0 Å². The van der Waals surface area contributed by atoms with Crippen LogP contribution in [0.25, 0.3) is 0 Å². The summed E-state index contributed by atoms with van der Waals surface area (Å²) in [5.74, 6) is -0.474. The van der Waals surface area contributed by atoms with Crippen LogP contribution in [0.15, 0.2) is 30.3 Å². The standard InChI is InChI=1S/C15H22N2O4/c1-15(2,3)21-13(18)9-12(16)17-14(19)20-10-11-7-5-4-6-8-11/h4-8,12H,9-10,16H2,1-3H3,(H,17,19). The molecule has 21 heavy (non-hydrogen) atoms. The average Bonchev–Trinajstić information content (AvgIpc) is 2.35. The largest absolute Gasteiger partial charge is 0.460 e. The van der Waals surface area contributed by atoms with Gasteiger partial charge in [0.25, 0.3) is 0 Å². The lowest BCUT2D eigenvalue weighted by atomic mass is 10.2. The van der Waals surface area contributed by atoms with Crippen molar-refractivity contribution in [3.8, 4) is 0 Å². The lowest BCUT2D eigenvalue weighted by Gasteiger charge is -2.21. The van der Waals surface area contributed by atoms with E-state index >= 15 is 0 Å². The summed E-state index contributed by atoms with van der Waals surface area (Å²) in [4.78, 5) is 23.1. The smallest absolute Gasteiger partial charge is 0.408 e. The first-order valence-corrected chi connectivity index (χ1v) is 6.71. The van der Waals surface area contributed by atoms with Crippen LogP contribution in [0, 0.1) is 0 Å². The Balaban J connectivity index is 2.29. The number of nitrogens with two attached hydrogens (primary N) is 1. The molecule has 0 bridgehead atoms. The normalized spacial score (nSPS) is 12.4. The molecule has 1 aromatic carbocycles. The van der Waals surface area contributed by atoms with Crippen molar-refractivity contribution in [1.29, 1.82) is 0 Å². The second-order valence-corrected chi connectivity index (χ2v) is 5.60. The fourth-order valence-corrected chi connectivity index (χ4v) is 1.53. The van der Waals surface area contributed by atoms with Gasteiger partial charge in [0.1, 0.15) is 12.2 Å². The molecule has 0 fully saturated rings. The number of carbonyl (C=O) groups is 2. The first kappa shape index (κ1) is 17.0. The third-order valence-corrected chi connectivity index (χ3v) is 2.32. The summed E-state index contributed by atoms with van der Waals surface area (Å²) in [5, 5.41) is 2.38. The molecule has 6 heteroatoms. The molecule has 0 aliphatic rings. The fraction of sp³-hybridized carbons (Fsp3) is 0.467. The molecule has 0 saturated heterocycles. The Morgan fingerprint density at radius 2 is 1.86 bits per heavy atom. The van der Waals surface area contributed by atoms with Gasteiger partial charge in [-0.05, 0) is 26.3 Å². The van der Waals surface area contributed by atoms with Gasteiger partial charge in [0, 0.05) is 0 Å². The molecule has 0 aliphatic carbocycles. The maximum atomic E-state index is 11.5. The van der Waals surface area contributed by atoms with E-state index < -0.39 is 23.8 Å². The first-order valence-electron chi connectivity index (χ1n) is 6.71. The summed E-state index contributed by atoms with van der Waals surface area (Å²) >= 11 is 0. The molecular formula is C15H22N2O4. The van der Waals surface area contributed by atoms with Gasteiger partial charge in [-0.25, -0.2) is 4.79 Å². The van der Waals surface area contributed by atoms with Crippen LogP contribution < -0.4 is 11.1 Å². The molecule has 1 atom stereocenters. The predicted octanol–water partition coefficient (Wildman–Crippen LogP) is 1.93. The highest BCUT2D eigenvalue weighted by atomic mass is 16.6. The van der Waals surface area contributed by atoms with Gasteiger partial charge in [-0.15, -0.1) is 0 Å². The van der Waals surface area contributed by atoms with E-state index in [0.29, 0.717) is 0 Å². The molecule has 0 saturated carbocycles. The van der Waals surface area contributed by atoms with Crippen molar-refractivity contribution >= 4 is 12.1 Å². The number of hydrogen-bond acceptors (Lipinski definition) is 5. The van der Waals surface area contributed by atoms with E-state index in [1.807, 2.05) is 30.3 Å². The zero-order chi connectivity index (χ0) is 15.9. The summed E-state index contributed by atoms with van der Waals surface area (Å²) in [5.41, 5.74) is 5.94. The highest BCUT2D eigenvalue weighted by Crippen LogP contribution is 2.08. The van der Waals surface area contributed by atoms with E-state index in [1.165, 1.54) is 0 Å². The third kappa shape index (κ3) is 7.94.